The maximum absolute atomic E-state index is 12.2. The summed E-state index contributed by atoms with van der Waals surface area (Å²) < 4.78 is 32.2. The molecule has 0 atom stereocenters. The highest BCUT2D eigenvalue weighted by Gasteiger charge is 2.14. The zero-order valence-corrected chi connectivity index (χ0v) is 15.4. The van der Waals surface area contributed by atoms with Crippen molar-refractivity contribution < 1.29 is 17.9 Å². The Morgan fingerprint density at radius 3 is 2.29 bits per heavy atom. The highest BCUT2D eigenvalue weighted by atomic mass is 79.9. The van der Waals surface area contributed by atoms with Crippen molar-refractivity contribution in [1.29, 1.82) is 0 Å². The van der Waals surface area contributed by atoms with Crippen LogP contribution in [0.4, 0.5) is 5.69 Å². The molecule has 0 spiro atoms. The molecule has 0 bridgehead atoms. The van der Waals surface area contributed by atoms with Crippen LogP contribution >= 0.6 is 15.9 Å². The van der Waals surface area contributed by atoms with Crippen molar-refractivity contribution in [3.8, 4) is 0 Å². The number of methoxy groups -OCH3 is 1. The quantitative estimate of drug-likeness (QED) is 0.684. The minimum absolute atomic E-state index is 0.0961. The summed E-state index contributed by atoms with van der Waals surface area (Å²) >= 11 is 3.32. The second-order valence-electron chi connectivity index (χ2n) is 4.88. The minimum atomic E-state index is -3.61. The van der Waals surface area contributed by atoms with Gasteiger partial charge < -0.3 is 10.1 Å². The second-order valence-corrected chi connectivity index (χ2v) is 7.56. The largest absolute Gasteiger partial charge is 0.383 e. The lowest BCUT2D eigenvalue weighted by molar-refractivity contribution is 0.102. The third-order valence-corrected chi connectivity index (χ3v) is 5.13. The zero-order valence-electron chi connectivity index (χ0n) is 13.0. The number of hydrogen-bond donors (Lipinski definition) is 2. The third kappa shape index (κ3) is 5.13. The molecule has 8 heteroatoms. The minimum Gasteiger partial charge on any atom is -0.383 e. The van der Waals surface area contributed by atoms with Crippen LogP contribution in [0.15, 0.2) is 57.9 Å². The van der Waals surface area contributed by atoms with Crippen LogP contribution in [-0.4, -0.2) is 34.6 Å². The van der Waals surface area contributed by atoms with E-state index >= 15 is 0 Å². The van der Waals surface area contributed by atoms with Gasteiger partial charge in [-0.25, -0.2) is 13.1 Å². The molecule has 6 nitrogen and oxygen atoms in total. The fraction of sp³-hybridized carbons (Fsp3) is 0.188. The molecule has 2 N–H and O–H groups in total. The SMILES string of the molecule is COCCNS(=O)(=O)c1ccc(C(=O)Nc2ccc(Br)cc2)cc1. The lowest BCUT2D eigenvalue weighted by Crippen LogP contribution is -2.27. The number of halogens is 1. The normalized spacial score (nSPS) is 11.2. The molecule has 0 aliphatic carbocycles. The first kappa shape index (κ1) is 18.6. The van der Waals surface area contributed by atoms with E-state index in [9.17, 15) is 13.2 Å². The summed E-state index contributed by atoms with van der Waals surface area (Å²) in [4.78, 5) is 12.3. The molecule has 0 unspecified atom stereocenters. The van der Waals surface area contributed by atoms with Crippen molar-refractivity contribution in [2.75, 3.05) is 25.6 Å². The summed E-state index contributed by atoms with van der Waals surface area (Å²) in [7, 11) is -2.11. The number of amides is 1. The van der Waals surface area contributed by atoms with E-state index in [0.29, 0.717) is 11.3 Å². The number of nitrogens with one attached hydrogen (secondary N) is 2. The molecule has 2 rings (SSSR count). The zero-order chi connectivity index (χ0) is 17.6. The van der Waals surface area contributed by atoms with Crippen LogP contribution in [-0.2, 0) is 14.8 Å². The molecule has 1 amide bonds. The molecule has 0 aliphatic heterocycles. The molecule has 0 fully saturated rings. The number of carbonyl (C=O) groups excluding carboxylic acids is 1. The van der Waals surface area contributed by atoms with Crippen LogP contribution in [0.1, 0.15) is 10.4 Å². The predicted molar refractivity (Wildman–Crippen MR) is 95.6 cm³/mol. The Morgan fingerprint density at radius 2 is 1.71 bits per heavy atom. The lowest BCUT2D eigenvalue weighted by atomic mass is 10.2. The van der Waals surface area contributed by atoms with E-state index in [1.165, 1.54) is 31.4 Å². The smallest absolute Gasteiger partial charge is 0.255 e. The van der Waals surface area contributed by atoms with E-state index < -0.39 is 10.0 Å². The van der Waals surface area contributed by atoms with Gasteiger partial charge in [-0.1, -0.05) is 15.9 Å². The van der Waals surface area contributed by atoms with Gasteiger partial charge in [0.2, 0.25) is 10.0 Å². The van der Waals surface area contributed by atoms with Crippen LogP contribution in [0, 0.1) is 0 Å². The van der Waals surface area contributed by atoms with Gasteiger partial charge in [-0.3, -0.25) is 4.79 Å². The number of benzene rings is 2. The van der Waals surface area contributed by atoms with Crippen LogP contribution in [0.25, 0.3) is 0 Å². The summed E-state index contributed by atoms with van der Waals surface area (Å²) in [5, 5.41) is 2.74. The molecule has 2 aromatic rings. The molecular formula is C16H17BrN2O4S. The van der Waals surface area contributed by atoms with Gasteiger partial charge in [0.25, 0.3) is 5.91 Å². The summed E-state index contributed by atoms with van der Waals surface area (Å²) in [6.45, 7) is 0.470. The fourth-order valence-corrected chi connectivity index (χ4v) is 3.16. The monoisotopic (exact) mass is 412 g/mol. The Kier molecular flexibility index (Phi) is 6.50. The van der Waals surface area contributed by atoms with Gasteiger partial charge in [0.15, 0.2) is 0 Å². The molecule has 0 saturated heterocycles. The fourth-order valence-electron chi connectivity index (χ4n) is 1.88. The number of sulfonamides is 1. The molecule has 0 radical (unpaired) electrons. The summed E-state index contributed by atoms with van der Waals surface area (Å²) in [6.07, 6.45) is 0. The first-order valence-electron chi connectivity index (χ1n) is 7.08. The Balaban J connectivity index is 2.05. The first-order chi connectivity index (χ1) is 11.4. The molecule has 2 aromatic carbocycles. The Hall–Kier alpha value is -1.74. The van der Waals surface area contributed by atoms with Gasteiger partial charge in [0.05, 0.1) is 11.5 Å². The van der Waals surface area contributed by atoms with Crippen LogP contribution in [0.2, 0.25) is 0 Å². The maximum Gasteiger partial charge on any atom is 0.255 e. The Bertz CT molecular complexity index is 790. The average Bonchev–Trinajstić information content (AvgIpc) is 2.57. The van der Waals surface area contributed by atoms with Gasteiger partial charge in [0.1, 0.15) is 0 Å². The number of ether oxygens (including phenoxy) is 1. The van der Waals surface area contributed by atoms with Crippen molar-refractivity contribution in [1.82, 2.24) is 4.72 Å². The lowest BCUT2D eigenvalue weighted by Gasteiger charge is -2.08. The van der Waals surface area contributed by atoms with Crippen molar-refractivity contribution >= 4 is 37.5 Å². The Morgan fingerprint density at radius 1 is 1.08 bits per heavy atom. The van der Waals surface area contributed by atoms with Crippen LogP contribution in [0.3, 0.4) is 0 Å². The average molecular weight is 413 g/mol. The number of hydrogen-bond acceptors (Lipinski definition) is 4. The molecule has 0 aliphatic rings. The summed E-state index contributed by atoms with van der Waals surface area (Å²) in [5.74, 6) is -0.311. The molecule has 0 heterocycles. The van der Waals surface area contributed by atoms with Crippen LogP contribution in [0.5, 0.6) is 0 Å². The standard InChI is InChI=1S/C16H17BrN2O4S/c1-23-11-10-18-24(21,22)15-8-2-12(3-9-15)16(20)19-14-6-4-13(17)5-7-14/h2-9,18H,10-11H2,1H3,(H,19,20). The van der Waals surface area contributed by atoms with Crippen molar-refractivity contribution in [3.05, 3.63) is 58.6 Å². The number of carbonyl (C=O) groups is 1. The highest BCUT2D eigenvalue weighted by molar-refractivity contribution is 9.10. The van der Waals surface area contributed by atoms with Gasteiger partial charge in [-0.05, 0) is 48.5 Å². The summed E-state index contributed by atoms with van der Waals surface area (Å²) in [6, 6.07) is 12.9. The predicted octanol–water partition coefficient (Wildman–Crippen LogP) is 2.63. The van der Waals surface area contributed by atoms with E-state index in [2.05, 4.69) is 26.0 Å². The topological polar surface area (TPSA) is 84.5 Å². The maximum atomic E-state index is 12.2. The molecule has 24 heavy (non-hydrogen) atoms. The van der Waals surface area contributed by atoms with E-state index in [-0.39, 0.29) is 24.0 Å². The van der Waals surface area contributed by atoms with E-state index in [1.807, 2.05) is 12.1 Å². The van der Waals surface area contributed by atoms with Gasteiger partial charge >= 0.3 is 0 Å². The number of anilines is 1. The number of rotatable bonds is 7. The molecule has 128 valence electrons. The van der Waals surface area contributed by atoms with Crippen molar-refractivity contribution in [2.24, 2.45) is 0 Å². The first-order valence-corrected chi connectivity index (χ1v) is 9.35. The second kappa shape index (κ2) is 8.39. The van der Waals surface area contributed by atoms with Gasteiger partial charge in [-0.15, -0.1) is 0 Å². The highest BCUT2D eigenvalue weighted by Crippen LogP contribution is 2.16. The molecule has 0 saturated carbocycles. The van der Waals surface area contributed by atoms with E-state index in [4.69, 9.17) is 4.74 Å². The van der Waals surface area contributed by atoms with Gasteiger partial charge in [0, 0.05) is 29.4 Å². The van der Waals surface area contributed by atoms with E-state index in [1.54, 1.807) is 12.1 Å². The molecule has 0 aromatic heterocycles. The Labute approximate surface area is 149 Å². The third-order valence-electron chi connectivity index (χ3n) is 3.13. The van der Waals surface area contributed by atoms with Crippen molar-refractivity contribution in [3.63, 3.8) is 0 Å². The van der Waals surface area contributed by atoms with Gasteiger partial charge in [-0.2, -0.15) is 0 Å². The van der Waals surface area contributed by atoms with E-state index in [0.717, 1.165) is 4.47 Å². The van der Waals surface area contributed by atoms with Crippen LogP contribution < -0.4 is 10.0 Å². The summed E-state index contributed by atoms with van der Waals surface area (Å²) in [5.41, 5.74) is 1.02. The van der Waals surface area contributed by atoms with Crippen molar-refractivity contribution in [2.45, 2.75) is 4.90 Å². The molecular weight excluding hydrogens is 396 g/mol.